The van der Waals surface area contributed by atoms with Gasteiger partial charge in [0.2, 0.25) is 5.91 Å². The van der Waals surface area contributed by atoms with Crippen molar-refractivity contribution in [3.8, 4) is 5.75 Å². The van der Waals surface area contributed by atoms with Crippen LogP contribution in [0.25, 0.3) is 10.1 Å². The third-order valence-electron chi connectivity index (χ3n) is 6.29. The van der Waals surface area contributed by atoms with Crippen LogP contribution in [0.1, 0.15) is 23.7 Å². The predicted octanol–water partition coefficient (Wildman–Crippen LogP) is 1.63. The summed E-state index contributed by atoms with van der Waals surface area (Å²) in [6.45, 7) is 3.18. The van der Waals surface area contributed by atoms with Gasteiger partial charge in [0, 0.05) is 29.7 Å². The second kappa shape index (κ2) is 6.71. The lowest BCUT2D eigenvalue weighted by molar-refractivity contribution is -0.158. The van der Waals surface area contributed by atoms with E-state index in [0.717, 1.165) is 22.9 Å². The van der Waals surface area contributed by atoms with Crippen LogP contribution in [-0.2, 0) is 9.59 Å². The normalized spacial score (nSPS) is 23.3. The first-order chi connectivity index (χ1) is 14.3. The first-order valence-corrected chi connectivity index (χ1v) is 11.4. The van der Waals surface area contributed by atoms with Gasteiger partial charge < -0.3 is 20.6 Å². The molecule has 156 valence electrons. The number of nitrogens with zero attached hydrogens (tertiary/aromatic N) is 3. The second-order valence-corrected chi connectivity index (χ2v) is 10.1. The van der Waals surface area contributed by atoms with Crippen molar-refractivity contribution in [2.45, 2.75) is 24.1 Å². The molecule has 2 atom stereocenters. The number of carbonyl (C=O) groups is 3. The molecule has 3 amide bonds. The summed E-state index contributed by atoms with van der Waals surface area (Å²) in [7, 11) is 0. The Bertz CT molecular complexity index is 1120. The van der Waals surface area contributed by atoms with Gasteiger partial charge in [-0.05, 0) is 30.0 Å². The highest BCUT2D eigenvalue weighted by atomic mass is 32.2. The van der Waals surface area contributed by atoms with E-state index < -0.39 is 11.2 Å². The SMILES string of the molecule is CC(C(=O)N1CC2(CCN2C(=O)c2ccc3sccc3c2O)C1)C1SC(N)=NC1=O. The Labute approximate surface area is 180 Å². The van der Waals surface area contributed by atoms with Gasteiger partial charge in [0.05, 0.1) is 17.0 Å². The van der Waals surface area contributed by atoms with Crippen molar-refractivity contribution in [2.24, 2.45) is 16.6 Å². The van der Waals surface area contributed by atoms with Gasteiger partial charge in [0.1, 0.15) is 11.0 Å². The van der Waals surface area contributed by atoms with Crippen LogP contribution < -0.4 is 5.73 Å². The highest BCUT2D eigenvalue weighted by Gasteiger charge is 2.57. The molecule has 0 bridgehead atoms. The number of benzene rings is 1. The highest BCUT2D eigenvalue weighted by molar-refractivity contribution is 8.15. The molecule has 8 nitrogen and oxygen atoms in total. The van der Waals surface area contributed by atoms with Crippen LogP contribution in [0.4, 0.5) is 0 Å². The number of aliphatic imine (C=N–C) groups is 1. The number of phenols is 1. The zero-order chi connectivity index (χ0) is 21.2. The van der Waals surface area contributed by atoms with Gasteiger partial charge in [-0.1, -0.05) is 18.7 Å². The van der Waals surface area contributed by atoms with E-state index in [1.807, 2.05) is 17.5 Å². The van der Waals surface area contributed by atoms with Gasteiger partial charge in [-0.2, -0.15) is 4.99 Å². The largest absolute Gasteiger partial charge is 0.506 e. The minimum absolute atomic E-state index is 0.0102. The van der Waals surface area contributed by atoms with Crippen LogP contribution in [0, 0.1) is 5.92 Å². The minimum Gasteiger partial charge on any atom is -0.506 e. The van der Waals surface area contributed by atoms with Crippen molar-refractivity contribution in [3.63, 3.8) is 0 Å². The van der Waals surface area contributed by atoms with Crippen LogP contribution in [0.5, 0.6) is 5.75 Å². The lowest BCUT2D eigenvalue weighted by atomic mass is 9.76. The number of amidine groups is 1. The molecule has 2 fully saturated rings. The first-order valence-electron chi connectivity index (χ1n) is 9.65. The van der Waals surface area contributed by atoms with Gasteiger partial charge in [0.25, 0.3) is 11.8 Å². The maximum Gasteiger partial charge on any atom is 0.262 e. The van der Waals surface area contributed by atoms with E-state index in [9.17, 15) is 19.5 Å². The number of aromatic hydroxyl groups is 1. The Morgan fingerprint density at radius 1 is 1.33 bits per heavy atom. The van der Waals surface area contributed by atoms with Crippen LogP contribution in [0.2, 0.25) is 0 Å². The number of nitrogens with two attached hydrogens (primary N) is 1. The summed E-state index contributed by atoms with van der Waals surface area (Å²) in [6.07, 6.45) is 0.811. The van der Waals surface area contributed by atoms with Gasteiger partial charge in [-0.3, -0.25) is 14.4 Å². The molecule has 3 aliphatic heterocycles. The average Bonchev–Trinajstić information content (AvgIpc) is 3.25. The Morgan fingerprint density at radius 3 is 2.73 bits per heavy atom. The molecule has 1 spiro atoms. The van der Waals surface area contributed by atoms with Gasteiger partial charge in [-0.25, -0.2) is 0 Å². The Balaban J connectivity index is 1.27. The molecule has 1 aromatic heterocycles. The number of phenolic OH excluding ortho intramolecular Hbond substituents is 1. The lowest BCUT2D eigenvalue weighted by Gasteiger charge is -2.62. The van der Waals surface area contributed by atoms with E-state index in [1.165, 1.54) is 11.3 Å². The van der Waals surface area contributed by atoms with Crippen LogP contribution >= 0.6 is 23.1 Å². The Morgan fingerprint density at radius 2 is 2.10 bits per heavy atom. The predicted molar refractivity (Wildman–Crippen MR) is 116 cm³/mol. The number of hydrogen-bond acceptors (Lipinski definition) is 7. The van der Waals surface area contributed by atoms with Crippen molar-refractivity contribution in [2.75, 3.05) is 19.6 Å². The minimum atomic E-state index is -0.581. The zero-order valence-electron chi connectivity index (χ0n) is 16.2. The first kappa shape index (κ1) is 19.4. The number of amides is 3. The quantitative estimate of drug-likeness (QED) is 0.743. The van der Waals surface area contributed by atoms with Gasteiger partial charge >= 0.3 is 0 Å². The van der Waals surface area contributed by atoms with Crippen molar-refractivity contribution in [3.05, 3.63) is 29.1 Å². The lowest BCUT2D eigenvalue weighted by Crippen LogP contribution is -2.78. The average molecular weight is 445 g/mol. The molecule has 1 aromatic carbocycles. The molecule has 4 heterocycles. The molecule has 5 rings (SSSR count). The summed E-state index contributed by atoms with van der Waals surface area (Å²) in [5.74, 6) is -1.23. The smallest absolute Gasteiger partial charge is 0.262 e. The molecule has 3 N–H and O–H groups in total. The van der Waals surface area contributed by atoms with Crippen molar-refractivity contribution in [1.82, 2.24) is 9.80 Å². The van der Waals surface area contributed by atoms with E-state index in [-0.39, 0.29) is 34.2 Å². The fourth-order valence-electron chi connectivity index (χ4n) is 4.46. The summed E-state index contributed by atoms with van der Waals surface area (Å²) < 4.78 is 0.931. The molecular formula is C20H20N4O4S2. The van der Waals surface area contributed by atoms with E-state index in [1.54, 1.807) is 22.8 Å². The van der Waals surface area contributed by atoms with Crippen LogP contribution in [0.3, 0.4) is 0 Å². The molecule has 0 saturated carbocycles. The monoisotopic (exact) mass is 444 g/mol. The maximum atomic E-state index is 13.1. The summed E-state index contributed by atoms with van der Waals surface area (Å²) in [6, 6.07) is 5.32. The molecule has 3 aliphatic rings. The Kier molecular flexibility index (Phi) is 4.33. The molecular weight excluding hydrogens is 424 g/mol. The number of fused-ring (bicyclic) bond motifs is 1. The van der Waals surface area contributed by atoms with E-state index in [2.05, 4.69) is 4.99 Å². The third-order valence-corrected chi connectivity index (χ3v) is 8.37. The van der Waals surface area contributed by atoms with E-state index >= 15 is 0 Å². The number of thioether (sulfide) groups is 1. The molecule has 30 heavy (non-hydrogen) atoms. The maximum absolute atomic E-state index is 13.1. The van der Waals surface area contributed by atoms with Crippen LogP contribution in [0.15, 0.2) is 28.6 Å². The molecule has 0 aliphatic carbocycles. The van der Waals surface area contributed by atoms with Crippen molar-refractivity contribution < 1.29 is 19.5 Å². The summed E-state index contributed by atoms with van der Waals surface area (Å²) in [4.78, 5) is 45.0. The fraction of sp³-hybridized carbons (Fsp3) is 0.400. The van der Waals surface area contributed by atoms with Gasteiger partial charge in [0.15, 0.2) is 5.17 Å². The fourth-order valence-corrected chi connectivity index (χ4v) is 6.13. The molecule has 0 radical (unpaired) electrons. The third kappa shape index (κ3) is 2.73. The van der Waals surface area contributed by atoms with Crippen LogP contribution in [-0.4, -0.2) is 68.2 Å². The van der Waals surface area contributed by atoms with Gasteiger partial charge in [-0.15, -0.1) is 11.3 Å². The molecule has 2 unspecified atom stereocenters. The number of thiophene rings is 1. The molecule has 2 saturated heterocycles. The van der Waals surface area contributed by atoms with Crippen molar-refractivity contribution in [1.29, 1.82) is 0 Å². The molecule has 2 aromatic rings. The summed E-state index contributed by atoms with van der Waals surface area (Å²) >= 11 is 2.64. The second-order valence-electron chi connectivity index (χ2n) is 8.03. The molecule has 10 heteroatoms. The number of hydrogen-bond donors (Lipinski definition) is 2. The Hall–Kier alpha value is -2.59. The van der Waals surface area contributed by atoms with Crippen molar-refractivity contribution >= 4 is 56.1 Å². The van der Waals surface area contributed by atoms with E-state index in [4.69, 9.17) is 5.73 Å². The number of likely N-dealkylation sites (tertiary alicyclic amines) is 2. The standard InChI is InChI=1S/C20H20N4O4S2/c1-10(15-16(26)22-19(21)30-15)17(27)23-8-20(9-23)5-6-24(20)18(28)12-2-3-13-11(14(12)25)4-7-29-13/h2-4,7,10,15,25H,5-6,8-9H2,1H3,(H2,21,22,26). The number of carbonyl (C=O) groups excluding carboxylic acids is 3. The number of rotatable bonds is 3. The van der Waals surface area contributed by atoms with E-state index in [0.29, 0.717) is 30.6 Å². The highest BCUT2D eigenvalue weighted by Crippen LogP contribution is 2.43. The summed E-state index contributed by atoms with van der Waals surface area (Å²) in [5, 5.41) is 12.7. The summed E-state index contributed by atoms with van der Waals surface area (Å²) in [5.41, 5.74) is 5.51. The zero-order valence-corrected chi connectivity index (χ0v) is 17.8. The topological polar surface area (TPSA) is 116 Å².